The Morgan fingerprint density at radius 3 is 2.26 bits per heavy atom. The minimum atomic E-state index is -4.22. The fourth-order valence-electron chi connectivity index (χ4n) is 8.00. The van der Waals surface area contributed by atoms with Crippen molar-refractivity contribution in [2.24, 2.45) is 28.6 Å². The van der Waals surface area contributed by atoms with Crippen molar-refractivity contribution >= 4 is 37.8 Å². The van der Waals surface area contributed by atoms with Crippen molar-refractivity contribution in [1.29, 1.82) is 0 Å². The Labute approximate surface area is 228 Å². The number of Topliss-reactive ketones (excluding diaryl/α,β-unsaturated/α-hetero) is 1. The van der Waals surface area contributed by atoms with E-state index in [1.54, 1.807) is 13.8 Å². The van der Waals surface area contributed by atoms with E-state index in [1.165, 1.54) is 6.08 Å². The van der Waals surface area contributed by atoms with E-state index in [9.17, 15) is 41.4 Å². The van der Waals surface area contributed by atoms with Crippen LogP contribution in [0.2, 0.25) is 0 Å². The van der Waals surface area contributed by atoms with E-state index >= 15 is 0 Å². The third-order valence-electron chi connectivity index (χ3n) is 9.53. The molecule has 220 valence electrons. The Morgan fingerprint density at radius 2 is 1.69 bits per heavy atom. The summed E-state index contributed by atoms with van der Waals surface area (Å²) in [4.78, 5) is 37.0. The SMILES string of the molecule is CC(=O)OCC(=O)[C@@]1(O)CC[C@H]2[C@@H]3C(OS(C)(=O)=O)C(OS(C)(=O)=O)C4=CC(=O)CC[C@]4(C)[C@H]3C(O)C[C@@]21C. The number of aliphatic hydroxyl groups excluding tert-OH is 1. The van der Waals surface area contributed by atoms with Crippen molar-refractivity contribution in [2.75, 3.05) is 19.1 Å². The first-order valence-corrected chi connectivity index (χ1v) is 16.5. The van der Waals surface area contributed by atoms with Crippen LogP contribution < -0.4 is 0 Å². The fourth-order valence-corrected chi connectivity index (χ4v) is 9.22. The second kappa shape index (κ2) is 9.69. The van der Waals surface area contributed by atoms with Crippen LogP contribution in [0.5, 0.6) is 0 Å². The van der Waals surface area contributed by atoms with Gasteiger partial charge in [0.1, 0.15) is 17.8 Å². The maximum Gasteiger partial charge on any atom is 0.303 e. The molecule has 4 aliphatic rings. The lowest BCUT2D eigenvalue weighted by Crippen LogP contribution is -2.68. The summed E-state index contributed by atoms with van der Waals surface area (Å²) >= 11 is 0. The van der Waals surface area contributed by atoms with Gasteiger partial charge in [-0.15, -0.1) is 0 Å². The highest BCUT2D eigenvalue weighted by atomic mass is 32.2. The minimum Gasteiger partial charge on any atom is -0.458 e. The summed E-state index contributed by atoms with van der Waals surface area (Å²) in [5, 5.41) is 23.4. The van der Waals surface area contributed by atoms with Gasteiger partial charge >= 0.3 is 5.97 Å². The molecule has 0 aromatic rings. The maximum absolute atomic E-state index is 13.2. The van der Waals surface area contributed by atoms with Crippen LogP contribution in [0, 0.1) is 28.6 Å². The van der Waals surface area contributed by atoms with Gasteiger partial charge in [-0.2, -0.15) is 16.8 Å². The Hall–Kier alpha value is -1.71. The highest BCUT2D eigenvalue weighted by Crippen LogP contribution is 2.68. The summed E-state index contributed by atoms with van der Waals surface area (Å²) in [6, 6.07) is 0. The second-order valence-corrected chi connectivity index (χ2v) is 15.2. The number of esters is 1. The van der Waals surface area contributed by atoms with Crippen LogP contribution in [-0.4, -0.2) is 87.6 Å². The van der Waals surface area contributed by atoms with Gasteiger partial charge < -0.3 is 14.9 Å². The topological polar surface area (TPSA) is 188 Å². The van der Waals surface area contributed by atoms with E-state index in [-0.39, 0.29) is 43.5 Å². The van der Waals surface area contributed by atoms with Gasteiger partial charge in [0.25, 0.3) is 20.2 Å². The van der Waals surface area contributed by atoms with E-state index < -0.39 is 91.1 Å². The fraction of sp³-hybridized carbons (Fsp3) is 0.800. The third kappa shape index (κ3) is 5.12. The van der Waals surface area contributed by atoms with Crippen LogP contribution >= 0.6 is 0 Å². The zero-order valence-corrected chi connectivity index (χ0v) is 24.2. The van der Waals surface area contributed by atoms with Gasteiger partial charge in [0.15, 0.2) is 12.4 Å². The molecule has 4 aliphatic carbocycles. The van der Waals surface area contributed by atoms with Crippen molar-refractivity contribution in [1.82, 2.24) is 0 Å². The van der Waals surface area contributed by atoms with E-state index in [2.05, 4.69) is 0 Å². The maximum atomic E-state index is 13.2. The quantitative estimate of drug-likeness (QED) is 0.304. The predicted molar refractivity (Wildman–Crippen MR) is 135 cm³/mol. The number of fused-ring (bicyclic) bond motifs is 5. The number of aliphatic hydroxyl groups is 2. The van der Waals surface area contributed by atoms with Crippen molar-refractivity contribution in [3.05, 3.63) is 11.6 Å². The van der Waals surface area contributed by atoms with Gasteiger partial charge in [0.2, 0.25) is 5.78 Å². The highest BCUT2D eigenvalue weighted by molar-refractivity contribution is 7.86. The molecular formula is C25H36O12S2. The number of carbonyl (C=O) groups is 3. The van der Waals surface area contributed by atoms with Gasteiger partial charge in [-0.05, 0) is 60.5 Å². The average molecular weight is 593 g/mol. The lowest BCUT2D eigenvalue weighted by molar-refractivity contribution is -0.204. The van der Waals surface area contributed by atoms with Gasteiger partial charge in [-0.3, -0.25) is 22.7 Å². The predicted octanol–water partition coefficient (Wildman–Crippen LogP) is 0.262. The number of ketones is 2. The zero-order valence-electron chi connectivity index (χ0n) is 22.6. The molecule has 0 saturated heterocycles. The van der Waals surface area contributed by atoms with Gasteiger partial charge in [-0.1, -0.05) is 13.8 Å². The first-order valence-electron chi connectivity index (χ1n) is 12.8. The average Bonchev–Trinajstić information content (AvgIpc) is 3.04. The summed E-state index contributed by atoms with van der Waals surface area (Å²) in [6.07, 6.45) is -0.768. The molecule has 0 aromatic heterocycles. The molecule has 0 spiro atoms. The molecule has 0 aliphatic heterocycles. The second-order valence-electron chi connectivity index (χ2n) is 12.0. The molecule has 0 aromatic carbocycles. The van der Waals surface area contributed by atoms with Gasteiger partial charge in [-0.25, -0.2) is 0 Å². The summed E-state index contributed by atoms with van der Waals surface area (Å²) in [5.41, 5.74) is -4.04. The zero-order chi connectivity index (χ0) is 29.3. The number of hydrogen-bond acceptors (Lipinski definition) is 12. The van der Waals surface area contributed by atoms with Crippen LogP contribution in [0.4, 0.5) is 0 Å². The first kappa shape index (κ1) is 30.3. The third-order valence-corrected chi connectivity index (χ3v) is 10.7. The molecule has 0 amide bonds. The monoisotopic (exact) mass is 592 g/mol. The molecule has 0 bridgehead atoms. The number of carbonyl (C=O) groups excluding carboxylic acids is 3. The minimum absolute atomic E-state index is 0.0405. The Kier molecular flexibility index (Phi) is 7.52. The summed E-state index contributed by atoms with van der Waals surface area (Å²) in [5.74, 6) is -3.95. The van der Waals surface area contributed by atoms with Crippen molar-refractivity contribution in [2.45, 2.75) is 76.8 Å². The van der Waals surface area contributed by atoms with Crippen LogP contribution in [0.3, 0.4) is 0 Å². The summed E-state index contributed by atoms with van der Waals surface area (Å²) in [6.45, 7) is 3.87. The van der Waals surface area contributed by atoms with Crippen molar-refractivity contribution < 1.29 is 54.5 Å². The molecule has 3 saturated carbocycles. The smallest absolute Gasteiger partial charge is 0.303 e. The normalized spacial score (nSPS) is 42.1. The van der Waals surface area contributed by atoms with Crippen LogP contribution in [0.25, 0.3) is 0 Å². The molecule has 3 fully saturated rings. The molecule has 3 unspecified atom stereocenters. The molecule has 14 heteroatoms. The summed E-state index contributed by atoms with van der Waals surface area (Å²) < 4.78 is 65.6. The molecular weight excluding hydrogens is 556 g/mol. The molecule has 9 atom stereocenters. The van der Waals surface area contributed by atoms with Gasteiger partial charge in [0.05, 0.1) is 18.6 Å². The molecule has 0 radical (unpaired) electrons. The molecule has 4 rings (SSSR count). The van der Waals surface area contributed by atoms with Crippen molar-refractivity contribution in [3.63, 3.8) is 0 Å². The van der Waals surface area contributed by atoms with E-state index in [0.29, 0.717) is 0 Å². The lowest BCUT2D eigenvalue weighted by atomic mass is 9.44. The number of rotatable bonds is 7. The standard InChI is InChI=1S/C25H36O12S2/c1-13(26)35-12-18(29)25(30)9-7-15-19-20(17(28)11-24(15,25)3)23(2)8-6-14(27)10-16(23)21(36-38(4,31)32)22(19)37-39(5,33)34/h10,15,17,19-22,28,30H,6-9,11-12H2,1-5H3/t15-,17?,19-,20-,21?,22?,23-,24-,25-/m0/s1. The summed E-state index contributed by atoms with van der Waals surface area (Å²) in [7, 11) is -8.41. The lowest BCUT2D eigenvalue weighted by Gasteiger charge is -2.63. The number of hydrogen-bond donors (Lipinski definition) is 2. The van der Waals surface area contributed by atoms with E-state index in [0.717, 1.165) is 19.4 Å². The molecule has 0 heterocycles. The van der Waals surface area contributed by atoms with Crippen molar-refractivity contribution in [3.8, 4) is 0 Å². The first-order chi connectivity index (χ1) is 17.7. The van der Waals surface area contributed by atoms with Crippen LogP contribution in [-0.2, 0) is 47.7 Å². The molecule has 39 heavy (non-hydrogen) atoms. The van der Waals surface area contributed by atoms with Crippen LogP contribution in [0.15, 0.2) is 11.6 Å². The highest BCUT2D eigenvalue weighted by Gasteiger charge is 2.72. The van der Waals surface area contributed by atoms with E-state index in [1.807, 2.05) is 0 Å². The number of ether oxygens (including phenoxy) is 1. The Balaban J connectivity index is 1.90. The molecule has 12 nitrogen and oxygen atoms in total. The largest absolute Gasteiger partial charge is 0.458 e. The Bertz CT molecular complexity index is 1320. The molecule has 2 N–H and O–H groups in total. The van der Waals surface area contributed by atoms with Crippen LogP contribution in [0.1, 0.15) is 52.9 Å². The van der Waals surface area contributed by atoms with E-state index in [4.69, 9.17) is 13.1 Å². The van der Waals surface area contributed by atoms with Gasteiger partial charge in [0, 0.05) is 18.8 Å². The Morgan fingerprint density at radius 1 is 1.08 bits per heavy atom.